The quantitative estimate of drug-likeness (QED) is 0.851. The van der Waals surface area contributed by atoms with E-state index in [2.05, 4.69) is 0 Å². The Hall–Kier alpha value is -1.06. The van der Waals surface area contributed by atoms with E-state index in [1.54, 1.807) is 4.90 Å². The van der Waals surface area contributed by atoms with Crippen LogP contribution in [-0.2, 0) is 9.59 Å². The third-order valence-corrected chi connectivity index (χ3v) is 5.43. The molecule has 2 bridgehead atoms. The number of nitrogens with zero attached hydrogens (tertiary/aromatic N) is 1. The van der Waals surface area contributed by atoms with Gasteiger partial charge in [-0.25, -0.2) is 4.79 Å². The molecule has 2 saturated carbocycles. The molecule has 106 valence electrons. The van der Waals surface area contributed by atoms with E-state index in [1.165, 1.54) is 25.7 Å². The minimum atomic E-state index is -0.832. The van der Waals surface area contributed by atoms with Crippen molar-refractivity contribution in [3.63, 3.8) is 0 Å². The highest BCUT2D eigenvalue weighted by Crippen LogP contribution is 2.49. The lowest BCUT2D eigenvalue weighted by Gasteiger charge is -2.34. The van der Waals surface area contributed by atoms with Crippen molar-refractivity contribution in [2.45, 2.75) is 57.4 Å². The molecule has 0 radical (unpaired) electrons. The molecular weight excluding hydrogens is 242 g/mol. The highest BCUT2D eigenvalue weighted by atomic mass is 16.4. The zero-order chi connectivity index (χ0) is 13.4. The third kappa shape index (κ3) is 2.49. The van der Waals surface area contributed by atoms with Gasteiger partial charge in [-0.1, -0.05) is 6.42 Å². The molecule has 0 aromatic carbocycles. The lowest BCUT2D eigenvalue weighted by molar-refractivity contribution is -0.152. The maximum atomic E-state index is 12.4. The van der Waals surface area contributed by atoms with Gasteiger partial charge in [0.15, 0.2) is 0 Å². The number of rotatable bonds is 3. The van der Waals surface area contributed by atoms with Gasteiger partial charge < -0.3 is 10.0 Å². The molecule has 4 unspecified atom stereocenters. The average Bonchev–Trinajstić information content (AvgIpc) is 3.01. The van der Waals surface area contributed by atoms with E-state index >= 15 is 0 Å². The molecule has 0 aromatic heterocycles. The maximum absolute atomic E-state index is 12.4. The average molecular weight is 265 g/mol. The Bertz CT molecular complexity index is 382. The molecule has 1 heterocycles. The van der Waals surface area contributed by atoms with Crippen LogP contribution in [0.4, 0.5) is 0 Å². The molecule has 1 aliphatic heterocycles. The Labute approximate surface area is 114 Å². The van der Waals surface area contributed by atoms with Crippen molar-refractivity contribution >= 4 is 11.9 Å². The molecule has 1 amide bonds. The van der Waals surface area contributed by atoms with E-state index in [0.29, 0.717) is 25.3 Å². The maximum Gasteiger partial charge on any atom is 0.326 e. The smallest absolute Gasteiger partial charge is 0.326 e. The summed E-state index contributed by atoms with van der Waals surface area (Å²) in [4.78, 5) is 25.3. The first-order chi connectivity index (χ1) is 9.15. The second-order valence-corrected chi connectivity index (χ2v) is 6.58. The van der Waals surface area contributed by atoms with Gasteiger partial charge in [-0.2, -0.15) is 0 Å². The Morgan fingerprint density at radius 2 is 1.95 bits per heavy atom. The Morgan fingerprint density at radius 3 is 2.58 bits per heavy atom. The minimum Gasteiger partial charge on any atom is -0.480 e. The topological polar surface area (TPSA) is 57.6 Å². The number of carbonyl (C=O) groups is 2. The number of carbonyl (C=O) groups excluding carboxylic acids is 1. The Morgan fingerprint density at radius 1 is 1.11 bits per heavy atom. The van der Waals surface area contributed by atoms with Crippen LogP contribution in [0.2, 0.25) is 0 Å². The van der Waals surface area contributed by atoms with Gasteiger partial charge in [0, 0.05) is 13.0 Å². The molecule has 1 saturated heterocycles. The molecule has 4 atom stereocenters. The van der Waals surface area contributed by atoms with Crippen LogP contribution in [-0.4, -0.2) is 34.5 Å². The molecule has 19 heavy (non-hydrogen) atoms. The van der Waals surface area contributed by atoms with Crippen molar-refractivity contribution in [1.29, 1.82) is 0 Å². The molecule has 4 nitrogen and oxygen atoms in total. The molecule has 0 spiro atoms. The first kappa shape index (κ1) is 12.9. The van der Waals surface area contributed by atoms with E-state index in [9.17, 15) is 14.7 Å². The second kappa shape index (κ2) is 5.14. The first-order valence-electron chi connectivity index (χ1n) is 7.67. The van der Waals surface area contributed by atoms with Crippen LogP contribution >= 0.6 is 0 Å². The summed E-state index contributed by atoms with van der Waals surface area (Å²) < 4.78 is 0. The molecule has 3 aliphatic rings. The Kier molecular flexibility index (Phi) is 3.50. The molecule has 3 fully saturated rings. The SMILES string of the molecule is O=C(O)C1CCCCN1C(=O)CC1CC2CCC1C2. The number of hydrogen-bond acceptors (Lipinski definition) is 2. The highest BCUT2D eigenvalue weighted by Gasteiger charge is 2.41. The summed E-state index contributed by atoms with van der Waals surface area (Å²) in [6.07, 6.45) is 8.22. The molecular formula is C15H23NO3. The van der Waals surface area contributed by atoms with Crippen molar-refractivity contribution in [1.82, 2.24) is 4.90 Å². The third-order valence-electron chi connectivity index (χ3n) is 5.43. The normalized spacial score (nSPS) is 37.6. The molecule has 3 rings (SSSR count). The zero-order valence-electron chi connectivity index (χ0n) is 11.4. The summed E-state index contributed by atoms with van der Waals surface area (Å²) in [6.45, 7) is 0.636. The predicted octanol–water partition coefficient (Wildman–Crippen LogP) is 2.28. The minimum absolute atomic E-state index is 0.0876. The van der Waals surface area contributed by atoms with Gasteiger partial charge in [0.1, 0.15) is 6.04 Å². The van der Waals surface area contributed by atoms with E-state index in [0.717, 1.165) is 24.7 Å². The number of hydrogen-bond donors (Lipinski definition) is 1. The van der Waals surface area contributed by atoms with Crippen LogP contribution in [0.25, 0.3) is 0 Å². The summed E-state index contributed by atoms with van der Waals surface area (Å²) in [5, 5.41) is 9.23. The lowest BCUT2D eigenvalue weighted by Crippen LogP contribution is -2.48. The van der Waals surface area contributed by atoms with Crippen molar-refractivity contribution in [2.24, 2.45) is 17.8 Å². The van der Waals surface area contributed by atoms with Gasteiger partial charge in [-0.15, -0.1) is 0 Å². The molecule has 4 heteroatoms. The summed E-state index contributed by atoms with van der Waals surface area (Å²) in [5.41, 5.74) is 0. The number of amides is 1. The van der Waals surface area contributed by atoms with Crippen LogP contribution in [0, 0.1) is 17.8 Å². The standard InChI is InChI=1S/C15H23NO3/c17-14(9-12-8-10-4-5-11(12)7-10)16-6-2-1-3-13(16)15(18)19/h10-13H,1-9H2,(H,18,19). The van der Waals surface area contributed by atoms with Gasteiger partial charge in [0.2, 0.25) is 5.91 Å². The summed E-state index contributed by atoms with van der Waals surface area (Å²) >= 11 is 0. The number of carboxylic acid groups (broad SMARTS) is 1. The predicted molar refractivity (Wildman–Crippen MR) is 70.5 cm³/mol. The van der Waals surface area contributed by atoms with Crippen LogP contribution in [0.15, 0.2) is 0 Å². The van der Waals surface area contributed by atoms with Crippen molar-refractivity contribution in [2.75, 3.05) is 6.54 Å². The van der Waals surface area contributed by atoms with Crippen LogP contribution in [0.5, 0.6) is 0 Å². The molecule has 0 aromatic rings. The number of piperidine rings is 1. The van der Waals surface area contributed by atoms with Crippen molar-refractivity contribution < 1.29 is 14.7 Å². The van der Waals surface area contributed by atoms with E-state index in [1.807, 2.05) is 0 Å². The van der Waals surface area contributed by atoms with Gasteiger partial charge in [-0.3, -0.25) is 4.79 Å². The molecule has 1 N–H and O–H groups in total. The van der Waals surface area contributed by atoms with Crippen molar-refractivity contribution in [3.05, 3.63) is 0 Å². The fourth-order valence-corrected chi connectivity index (χ4v) is 4.45. The molecule has 2 aliphatic carbocycles. The fourth-order valence-electron chi connectivity index (χ4n) is 4.45. The zero-order valence-corrected chi connectivity index (χ0v) is 11.4. The van der Waals surface area contributed by atoms with Gasteiger partial charge in [0.25, 0.3) is 0 Å². The highest BCUT2D eigenvalue weighted by molar-refractivity contribution is 5.84. The monoisotopic (exact) mass is 265 g/mol. The van der Waals surface area contributed by atoms with Gasteiger partial charge >= 0.3 is 5.97 Å². The number of fused-ring (bicyclic) bond motifs is 2. The number of aliphatic carboxylic acids is 1. The summed E-state index contributed by atoms with van der Waals surface area (Å²) in [6, 6.07) is -0.570. The Balaban J connectivity index is 1.61. The van der Waals surface area contributed by atoms with Crippen molar-refractivity contribution in [3.8, 4) is 0 Å². The lowest BCUT2D eigenvalue weighted by atomic mass is 9.85. The van der Waals surface area contributed by atoms with Gasteiger partial charge in [-0.05, 0) is 56.3 Å². The summed E-state index contributed by atoms with van der Waals surface area (Å²) in [7, 11) is 0. The summed E-state index contributed by atoms with van der Waals surface area (Å²) in [5.74, 6) is 1.37. The van der Waals surface area contributed by atoms with Crippen LogP contribution < -0.4 is 0 Å². The van der Waals surface area contributed by atoms with E-state index < -0.39 is 12.0 Å². The van der Waals surface area contributed by atoms with Gasteiger partial charge in [0.05, 0.1) is 0 Å². The first-order valence-corrected chi connectivity index (χ1v) is 7.67. The van der Waals surface area contributed by atoms with E-state index in [-0.39, 0.29) is 5.91 Å². The number of likely N-dealkylation sites (tertiary alicyclic amines) is 1. The van der Waals surface area contributed by atoms with Crippen LogP contribution in [0.3, 0.4) is 0 Å². The number of carboxylic acids is 1. The largest absolute Gasteiger partial charge is 0.480 e. The van der Waals surface area contributed by atoms with E-state index in [4.69, 9.17) is 0 Å². The van der Waals surface area contributed by atoms with Crippen LogP contribution in [0.1, 0.15) is 51.4 Å². The fraction of sp³-hybridized carbons (Fsp3) is 0.867. The second-order valence-electron chi connectivity index (χ2n) is 6.58.